The van der Waals surface area contributed by atoms with Crippen molar-refractivity contribution in [3.63, 3.8) is 0 Å². The van der Waals surface area contributed by atoms with Crippen molar-refractivity contribution in [2.45, 2.75) is 0 Å². The lowest BCUT2D eigenvalue weighted by molar-refractivity contribution is 1.17. The lowest BCUT2D eigenvalue weighted by atomic mass is 10.1. The minimum absolute atomic E-state index is 0.183. The second-order valence-corrected chi connectivity index (χ2v) is 7.22. The van der Waals surface area contributed by atoms with E-state index < -0.39 is 0 Å². The number of anilines is 1. The van der Waals surface area contributed by atoms with E-state index in [2.05, 4.69) is 24.9 Å². The monoisotopic (exact) mass is 398 g/mol. The molecule has 0 radical (unpaired) electrons. The number of para-hydroxylation sites is 1. The van der Waals surface area contributed by atoms with E-state index in [0.29, 0.717) is 33.5 Å². The third-order valence-electron chi connectivity index (χ3n) is 4.52. The van der Waals surface area contributed by atoms with Gasteiger partial charge < -0.3 is 10.7 Å². The van der Waals surface area contributed by atoms with E-state index >= 15 is 0 Å². The summed E-state index contributed by atoms with van der Waals surface area (Å²) < 4.78 is 0. The zero-order chi connectivity index (χ0) is 19.8. The van der Waals surface area contributed by atoms with E-state index in [4.69, 9.17) is 5.73 Å². The number of fused-ring (bicyclic) bond motifs is 1. The predicted molar refractivity (Wildman–Crippen MR) is 114 cm³/mol. The molecule has 4 aromatic heterocycles. The van der Waals surface area contributed by atoms with Crippen LogP contribution in [0, 0.1) is 0 Å². The highest BCUT2D eigenvalue weighted by Gasteiger charge is 2.14. The molecule has 0 aliphatic heterocycles. The first-order valence-corrected chi connectivity index (χ1v) is 9.68. The van der Waals surface area contributed by atoms with Crippen molar-refractivity contribution in [2.75, 3.05) is 5.73 Å². The van der Waals surface area contributed by atoms with Crippen LogP contribution in [0.5, 0.6) is 0 Å². The van der Waals surface area contributed by atoms with Gasteiger partial charge in [-0.2, -0.15) is 0 Å². The van der Waals surface area contributed by atoms with Crippen LogP contribution in [0.1, 0.15) is 0 Å². The Hall–Kier alpha value is -3.91. The average molecular weight is 398 g/mol. The molecule has 4 heterocycles. The summed E-state index contributed by atoms with van der Waals surface area (Å²) in [5.41, 5.74) is 9.36. The predicted octanol–water partition coefficient (Wildman–Crippen LogP) is 3.75. The van der Waals surface area contributed by atoms with Crippen molar-refractivity contribution in [1.82, 2.24) is 24.9 Å². The van der Waals surface area contributed by atoms with Gasteiger partial charge in [0.15, 0.2) is 5.82 Å². The molecule has 7 nitrogen and oxygen atoms in total. The number of pyridine rings is 2. The molecule has 0 saturated heterocycles. The summed E-state index contributed by atoms with van der Waals surface area (Å²) >= 11 is 1.39. The van der Waals surface area contributed by atoms with E-state index in [9.17, 15) is 4.79 Å². The zero-order valence-electron chi connectivity index (χ0n) is 15.0. The molecule has 0 fully saturated rings. The van der Waals surface area contributed by atoms with Gasteiger partial charge in [-0.3, -0.25) is 9.78 Å². The van der Waals surface area contributed by atoms with Crippen LogP contribution < -0.4 is 11.3 Å². The lowest BCUT2D eigenvalue weighted by Gasteiger charge is -2.04. The maximum absolute atomic E-state index is 12.5. The molecule has 0 aliphatic carbocycles. The van der Waals surface area contributed by atoms with Gasteiger partial charge >= 0.3 is 0 Å². The van der Waals surface area contributed by atoms with Crippen LogP contribution in [0.25, 0.3) is 44.1 Å². The molecule has 0 aliphatic rings. The first-order valence-electron chi connectivity index (χ1n) is 8.80. The summed E-state index contributed by atoms with van der Waals surface area (Å²) in [4.78, 5) is 32.8. The molecule has 29 heavy (non-hydrogen) atoms. The third kappa shape index (κ3) is 3.15. The van der Waals surface area contributed by atoms with E-state index in [1.807, 2.05) is 47.8 Å². The van der Waals surface area contributed by atoms with Crippen molar-refractivity contribution >= 4 is 28.1 Å². The van der Waals surface area contributed by atoms with Crippen LogP contribution in [0.4, 0.5) is 5.82 Å². The maximum atomic E-state index is 12.5. The topological polar surface area (TPSA) is 110 Å². The summed E-state index contributed by atoms with van der Waals surface area (Å²) in [5, 5.41) is 3.44. The first kappa shape index (κ1) is 17.2. The molecule has 1 aromatic carbocycles. The standard InChI is InChI=1S/C21H14N6OS/c22-18-15(10-24-19(27-18)12-5-7-23-8-6-12)21-26-17(11-29-21)14-9-13-3-1-2-4-16(13)25-20(14)28/h1-11H,(H,25,28)(H2,22,24,27). The molecule has 8 heteroatoms. The Kier molecular flexibility index (Phi) is 4.10. The van der Waals surface area contributed by atoms with Crippen molar-refractivity contribution in [1.29, 1.82) is 0 Å². The molecule has 140 valence electrons. The van der Waals surface area contributed by atoms with Crippen LogP contribution >= 0.6 is 11.3 Å². The molecule has 5 aromatic rings. The molecule has 0 spiro atoms. The van der Waals surface area contributed by atoms with Gasteiger partial charge in [-0.15, -0.1) is 11.3 Å². The number of rotatable bonds is 3. The largest absolute Gasteiger partial charge is 0.383 e. The fourth-order valence-electron chi connectivity index (χ4n) is 3.06. The van der Waals surface area contributed by atoms with Crippen LogP contribution in [0.2, 0.25) is 0 Å². The summed E-state index contributed by atoms with van der Waals surface area (Å²) in [6.07, 6.45) is 5.01. The van der Waals surface area contributed by atoms with Gasteiger partial charge in [0.05, 0.1) is 16.8 Å². The molecule has 3 N–H and O–H groups in total. The molecular weight excluding hydrogens is 384 g/mol. The van der Waals surface area contributed by atoms with E-state index in [1.165, 1.54) is 11.3 Å². The second kappa shape index (κ2) is 6.92. The van der Waals surface area contributed by atoms with Gasteiger partial charge in [0.25, 0.3) is 5.56 Å². The summed E-state index contributed by atoms with van der Waals surface area (Å²) in [6, 6.07) is 13.1. The Labute approximate surface area is 169 Å². The number of nitrogens with two attached hydrogens (primary N) is 1. The van der Waals surface area contributed by atoms with Gasteiger partial charge in [-0.25, -0.2) is 15.0 Å². The number of nitrogens with zero attached hydrogens (tertiary/aromatic N) is 4. The van der Waals surface area contributed by atoms with E-state index in [-0.39, 0.29) is 5.56 Å². The minimum Gasteiger partial charge on any atom is -0.383 e. The number of thiazole rings is 1. The van der Waals surface area contributed by atoms with Crippen molar-refractivity contribution in [2.24, 2.45) is 0 Å². The SMILES string of the molecule is Nc1nc(-c2ccncc2)ncc1-c1nc(-c2cc3ccccc3[nH]c2=O)cs1. The number of hydrogen-bond acceptors (Lipinski definition) is 7. The highest BCUT2D eigenvalue weighted by Crippen LogP contribution is 2.31. The Morgan fingerprint density at radius 1 is 1.00 bits per heavy atom. The van der Waals surface area contributed by atoms with Crippen LogP contribution in [-0.4, -0.2) is 24.9 Å². The number of nitrogens with one attached hydrogen (secondary N) is 1. The van der Waals surface area contributed by atoms with Crippen molar-refractivity contribution < 1.29 is 0 Å². The van der Waals surface area contributed by atoms with Gasteiger partial charge in [0, 0.05) is 35.1 Å². The third-order valence-corrected chi connectivity index (χ3v) is 5.40. The number of benzene rings is 1. The first-order chi connectivity index (χ1) is 14.2. The van der Waals surface area contributed by atoms with Gasteiger partial charge in [-0.1, -0.05) is 18.2 Å². The summed E-state index contributed by atoms with van der Waals surface area (Å²) in [7, 11) is 0. The molecule has 0 unspecified atom stereocenters. The minimum atomic E-state index is -0.183. The fraction of sp³-hybridized carbons (Fsp3) is 0. The maximum Gasteiger partial charge on any atom is 0.257 e. The lowest BCUT2D eigenvalue weighted by Crippen LogP contribution is -2.08. The van der Waals surface area contributed by atoms with Gasteiger partial charge in [0.2, 0.25) is 0 Å². The molecule has 0 bridgehead atoms. The fourth-order valence-corrected chi connectivity index (χ4v) is 3.90. The number of hydrogen-bond donors (Lipinski definition) is 2. The Morgan fingerprint density at radius 3 is 2.66 bits per heavy atom. The normalized spacial score (nSPS) is 11.0. The second-order valence-electron chi connectivity index (χ2n) is 6.37. The van der Waals surface area contributed by atoms with Crippen LogP contribution in [0.3, 0.4) is 0 Å². The van der Waals surface area contributed by atoms with Crippen molar-refractivity contribution in [3.05, 3.63) is 76.8 Å². The number of aromatic amines is 1. The average Bonchev–Trinajstić information content (AvgIpc) is 3.23. The number of H-pyrrole nitrogens is 1. The van der Waals surface area contributed by atoms with E-state index in [1.54, 1.807) is 18.6 Å². The molecular formula is C21H14N6OS. The quantitative estimate of drug-likeness (QED) is 0.479. The number of aromatic nitrogens is 5. The number of nitrogen functional groups attached to an aromatic ring is 1. The summed E-state index contributed by atoms with van der Waals surface area (Å²) in [6.45, 7) is 0. The molecule has 0 amide bonds. The Balaban J connectivity index is 1.54. The van der Waals surface area contributed by atoms with Gasteiger partial charge in [-0.05, 0) is 29.7 Å². The Bertz CT molecular complexity index is 1390. The van der Waals surface area contributed by atoms with Crippen LogP contribution in [0.15, 0.2) is 71.2 Å². The molecule has 5 rings (SSSR count). The smallest absolute Gasteiger partial charge is 0.257 e. The molecule has 0 saturated carbocycles. The summed E-state index contributed by atoms with van der Waals surface area (Å²) in [5.74, 6) is 0.858. The Morgan fingerprint density at radius 2 is 1.83 bits per heavy atom. The van der Waals surface area contributed by atoms with E-state index in [0.717, 1.165) is 16.5 Å². The molecule has 0 atom stereocenters. The zero-order valence-corrected chi connectivity index (χ0v) is 15.9. The van der Waals surface area contributed by atoms with Crippen molar-refractivity contribution in [3.8, 4) is 33.2 Å². The van der Waals surface area contributed by atoms with Crippen LogP contribution in [-0.2, 0) is 0 Å². The highest BCUT2D eigenvalue weighted by atomic mass is 32.1. The van der Waals surface area contributed by atoms with Gasteiger partial charge in [0.1, 0.15) is 10.8 Å². The highest BCUT2D eigenvalue weighted by molar-refractivity contribution is 7.13.